The van der Waals surface area contributed by atoms with Gasteiger partial charge in [0, 0.05) is 18.1 Å². The first-order valence-electron chi connectivity index (χ1n) is 5.50. The lowest BCUT2D eigenvalue weighted by molar-refractivity contribution is -0.131. The maximum Gasteiger partial charge on any atom is 0.328 e. The van der Waals surface area contributed by atoms with E-state index >= 15 is 0 Å². The number of ether oxygens (including phenoxy) is 2. The molecule has 1 aromatic rings. The zero-order chi connectivity index (χ0) is 12.1. The van der Waals surface area contributed by atoms with E-state index in [-0.39, 0.29) is 6.10 Å². The average molecular weight is 234 g/mol. The summed E-state index contributed by atoms with van der Waals surface area (Å²) in [5.41, 5.74) is 0.766. The fourth-order valence-corrected chi connectivity index (χ4v) is 1.67. The monoisotopic (exact) mass is 234 g/mol. The molecule has 2 rings (SSSR count). The Balaban J connectivity index is 2.12. The van der Waals surface area contributed by atoms with E-state index in [1.165, 1.54) is 6.08 Å². The number of aliphatic carboxylic acids is 1. The van der Waals surface area contributed by atoms with Gasteiger partial charge < -0.3 is 14.6 Å². The van der Waals surface area contributed by atoms with Gasteiger partial charge >= 0.3 is 5.97 Å². The molecule has 0 radical (unpaired) electrons. The van der Waals surface area contributed by atoms with Crippen LogP contribution in [0.25, 0.3) is 6.08 Å². The van der Waals surface area contributed by atoms with Crippen LogP contribution in [0.5, 0.6) is 5.75 Å². The zero-order valence-corrected chi connectivity index (χ0v) is 9.33. The highest BCUT2D eigenvalue weighted by Gasteiger charge is 2.17. The smallest absolute Gasteiger partial charge is 0.328 e. The molecule has 1 atom stereocenters. The summed E-state index contributed by atoms with van der Waals surface area (Å²) in [5, 5.41) is 8.60. The number of benzene rings is 1. The molecule has 1 fully saturated rings. The second-order valence-electron chi connectivity index (χ2n) is 3.81. The lowest BCUT2D eigenvalue weighted by Gasteiger charge is -2.13. The van der Waals surface area contributed by atoms with E-state index in [0.29, 0.717) is 12.4 Å². The van der Waals surface area contributed by atoms with Gasteiger partial charge in [-0.15, -0.1) is 0 Å². The molecule has 0 bridgehead atoms. The molecule has 1 N–H and O–H groups in total. The van der Waals surface area contributed by atoms with Gasteiger partial charge in [0.2, 0.25) is 0 Å². The minimum absolute atomic E-state index is 0.0642. The molecule has 17 heavy (non-hydrogen) atoms. The Morgan fingerprint density at radius 3 is 3.00 bits per heavy atom. The molecule has 0 aliphatic carbocycles. The van der Waals surface area contributed by atoms with Crippen molar-refractivity contribution in [1.82, 2.24) is 0 Å². The second-order valence-corrected chi connectivity index (χ2v) is 3.81. The van der Waals surface area contributed by atoms with Crippen LogP contribution in [0.3, 0.4) is 0 Å². The third-order valence-corrected chi connectivity index (χ3v) is 2.51. The molecule has 1 aromatic carbocycles. The van der Waals surface area contributed by atoms with E-state index in [4.69, 9.17) is 14.6 Å². The predicted octanol–water partition coefficient (Wildman–Crippen LogP) is 1.95. The third kappa shape index (κ3) is 3.32. The molecule has 1 heterocycles. The Bertz CT molecular complexity index is 419. The van der Waals surface area contributed by atoms with Crippen molar-refractivity contribution in [2.75, 3.05) is 13.2 Å². The summed E-state index contributed by atoms with van der Waals surface area (Å²) in [7, 11) is 0. The van der Waals surface area contributed by atoms with Gasteiger partial charge in [-0.2, -0.15) is 0 Å². The number of carboxylic acids is 1. The van der Waals surface area contributed by atoms with Crippen LogP contribution in [0.1, 0.15) is 12.0 Å². The molecule has 1 aliphatic heterocycles. The van der Waals surface area contributed by atoms with Gasteiger partial charge in [-0.25, -0.2) is 4.79 Å². The van der Waals surface area contributed by atoms with E-state index in [2.05, 4.69) is 0 Å². The number of rotatable bonds is 4. The summed E-state index contributed by atoms with van der Waals surface area (Å²) in [6.45, 7) is 1.31. The molecule has 0 saturated carbocycles. The highest BCUT2D eigenvalue weighted by molar-refractivity contribution is 5.85. The van der Waals surface area contributed by atoms with Crippen LogP contribution in [0, 0.1) is 0 Å². The first-order chi connectivity index (χ1) is 8.25. The first kappa shape index (κ1) is 11.7. The Labute approximate surface area is 99.5 Å². The largest absolute Gasteiger partial charge is 0.487 e. The van der Waals surface area contributed by atoms with Crippen LogP contribution in [-0.4, -0.2) is 30.4 Å². The van der Waals surface area contributed by atoms with Crippen molar-refractivity contribution >= 4 is 12.0 Å². The highest BCUT2D eigenvalue weighted by Crippen LogP contribution is 2.22. The minimum atomic E-state index is -0.969. The Morgan fingerprint density at radius 1 is 1.47 bits per heavy atom. The molecule has 1 aliphatic rings. The minimum Gasteiger partial charge on any atom is -0.487 e. The molecule has 0 spiro atoms. The number of para-hydroxylation sites is 1. The highest BCUT2D eigenvalue weighted by atomic mass is 16.5. The van der Waals surface area contributed by atoms with Gasteiger partial charge in [0.1, 0.15) is 11.9 Å². The van der Waals surface area contributed by atoms with Gasteiger partial charge in [0.25, 0.3) is 0 Å². The molecule has 0 aromatic heterocycles. The Kier molecular flexibility index (Phi) is 3.77. The molecule has 4 heteroatoms. The zero-order valence-electron chi connectivity index (χ0n) is 9.33. The van der Waals surface area contributed by atoms with Crippen LogP contribution in [0.4, 0.5) is 0 Å². The van der Waals surface area contributed by atoms with Crippen LogP contribution < -0.4 is 4.74 Å². The van der Waals surface area contributed by atoms with E-state index in [1.54, 1.807) is 0 Å². The standard InChI is InChI=1S/C13H14O4/c14-13(15)6-5-10-3-1-2-4-12(10)17-11-7-8-16-9-11/h1-6,11H,7-9H2,(H,14,15). The van der Waals surface area contributed by atoms with Crippen molar-refractivity contribution in [3.63, 3.8) is 0 Å². The van der Waals surface area contributed by atoms with Crippen LogP contribution in [0.2, 0.25) is 0 Å². The van der Waals surface area contributed by atoms with E-state index in [9.17, 15) is 4.79 Å². The summed E-state index contributed by atoms with van der Waals surface area (Å²) in [4.78, 5) is 10.5. The van der Waals surface area contributed by atoms with Crippen LogP contribution in [-0.2, 0) is 9.53 Å². The summed E-state index contributed by atoms with van der Waals surface area (Å²) >= 11 is 0. The fourth-order valence-electron chi connectivity index (χ4n) is 1.67. The van der Waals surface area contributed by atoms with Crippen molar-refractivity contribution < 1.29 is 19.4 Å². The second kappa shape index (κ2) is 5.50. The number of hydrogen-bond acceptors (Lipinski definition) is 3. The van der Waals surface area contributed by atoms with Gasteiger partial charge in [-0.3, -0.25) is 0 Å². The predicted molar refractivity (Wildman–Crippen MR) is 63.0 cm³/mol. The van der Waals surface area contributed by atoms with Crippen LogP contribution >= 0.6 is 0 Å². The summed E-state index contributed by atoms with van der Waals surface area (Å²) in [6, 6.07) is 7.37. The van der Waals surface area contributed by atoms with Gasteiger partial charge in [-0.1, -0.05) is 18.2 Å². The lowest BCUT2D eigenvalue weighted by atomic mass is 10.2. The van der Waals surface area contributed by atoms with Crippen molar-refractivity contribution in [3.05, 3.63) is 35.9 Å². The quantitative estimate of drug-likeness (QED) is 0.809. The van der Waals surface area contributed by atoms with Gasteiger partial charge in [0.05, 0.1) is 13.2 Å². The average Bonchev–Trinajstić information content (AvgIpc) is 2.80. The summed E-state index contributed by atoms with van der Waals surface area (Å²) in [5.74, 6) is -0.274. The third-order valence-electron chi connectivity index (χ3n) is 2.51. The summed E-state index contributed by atoms with van der Waals surface area (Å²) in [6.07, 6.45) is 3.58. The maximum atomic E-state index is 10.5. The van der Waals surface area contributed by atoms with Gasteiger partial charge in [-0.05, 0) is 12.1 Å². The van der Waals surface area contributed by atoms with Crippen LogP contribution in [0.15, 0.2) is 30.3 Å². The Hall–Kier alpha value is -1.81. The van der Waals surface area contributed by atoms with Crippen molar-refractivity contribution in [3.8, 4) is 5.75 Å². The van der Waals surface area contributed by atoms with Crippen molar-refractivity contribution in [2.24, 2.45) is 0 Å². The normalized spacial score (nSPS) is 19.6. The molecule has 90 valence electrons. The molecular formula is C13H14O4. The topological polar surface area (TPSA) is 55.8 Å². The number of hydrogen-bond donors (Lipinski definition) is 1. The number of carbonyl (C=O) groups is 1. The SMILES string of the molecule is O=C(O)C=Cc1ccccc1OC1CCOC1. The first-order valence-corrected chi connectivity index (χ1v) is 5.50. The molecular weight excluding hydrogens is 220 g/mol. The Morgan fingerprint density at radius 2 is 2.29 bits per heavy atom. The summed E-state index contributed by atoms with van der Waals surface area (Å²) < 4.78 is 11.0. The van der Waals surface area contributed by atoms with E-state index < -0.39 is 5.97 Å². The fraction of sp³-hybridized carbons (Fsp3) is 0.308. The van der Waals surface area contributed by atoms with Gasteiger partial charge in [0.15, 0.2) is 0 Å². The van der Waals surface area contributed by atoms with E-state index in [1.807, 2.05) is 24.3 Å². The van der Waals surface area contributed by atoms with Crippen molar-refractivity contribution in [2.45, 2.75) is 12.5 Å². The number of carboxylic acid groups (broad SMARTS) is 1. The molecule has 4 nitrogen and oxygen atoms in total. The lowest BCUT2D eigenvalue weighted by Crippen LogP contribution is -2.16. The van der Waals surface area contributed by atoms with E-state index in [0.717, 1.165) is 24.7 Å². The molecule has 0 amide bonds. The molecule has 1 saturated heterocycles. The van der Waals surface area contributed by atoms with Crippen molar-refractivity contribution in [1.29, 1.82) is 0 Å². The maximum absolute atomic E-state index is 10.5. The molecule has 1 unspecified atom stereocenters.